The van der Waals surface area contributed by atoms with Crippen LogP contribution in [0.25, 0.3) is 0 Å². The van der Waals surface area contributed by atoms with Gasteiger partial charge in [0.25, 0.3) is 0 Å². The molecule has 220 valence electrons. The van der Waals surface area contributed by atoms with E-state index in [0.29, 0.717) is 60.9 Å². The van der Waals surface area contributed by atoms with Gasteiger partial charge in [0.15, 0.2) is 5.82 Å². The summed E-state index contributed by atoms with van der Waals surface area (Å²) >= 11 is 1.53. The number of anilines is 4. The van der Waals surface area contributed by atoms with E-state index < -0.39 is 6.17 Å². The Bertz CT molecular complexity index is 1570. The molecule has 0 bridgehead atoms. The second kappa shape index (κ2) is 9.88. The number of halogens is 1. The van der Waals surface area contributed by atoms with E-state index in [4.69, 9.17) is 31.2 Å². The molecule has 12 nitrogen and oxygen atoms in total. The summed E-state index contributed by atoms with van der Waals surface area (Å²) in [6.45, 7) is 5.01. The Kier molecular flexibility index (Phi) is 6.36. The van der Waals surface area contributed by atoms with Crippen LogP contribution in [0, 0.1) is 11.3 Å². The zero-order chi connectivity index (χ0) is 29.2. The van der Waals surface area contributed by atoms with Gasteiger partial charge in [-0.15, -0.1) is 16.4 Å². The van der Waals surface area contributed by atoms with Crippen molar-refractivity contribution in [3.63, 3.8) is 0 Å². The van der Waals surface area contributed by atoms with Crippen LogP contribution in [-0.2, 0) is 11.8 Å². The predicted molar refractivity (Wildman–Crippen MR) is 157 cm³/mol. The van der Waals surface area contributed by atoms with Crippen LogP contribution >= 0.6 is 11.3 Å². The molecule has 3 saturated heterocycles. The number of nitrogen functional groups attached to an aromatic ring is 2. The van der Waals surface area contributed by atoms with Gasteiger partial charge in [0.05, 0.1) is 23.3 Å². The standard InChI is InChI=1S/C28H34FN11OS/c1-16(18-5-8-33-37-22(18)31)38(2)24-34-25(36-26(35-24)41-15-28-6-3-9-40(28)12-17(29)10-28)39-13-27(14-39)7-4-20-21(27)19(11-30)23(32)42-20/h5,8,16-17H,3-4,6-7,9-10,12-15,32H2,1-2H3,(H2,31,37)/t16?,17-,28+/m1/s1. The molecule has 4 N–H and O–H groups in total. The molecular formula is C28H34FN11OS. The maximum Gasteiger partial charge on any atom is 0.323 e. The van der Waals surface area contributed by atoms with Gasteiger partial charge in [-0.3, -0.25) is 4.90 Å². The lowest BCUT2D eigenvalue weighted by molar-refractivity contribution is 0.107. The van der Waals surface area contributed by atoms with Crippen LogP contribution in [0.15, 0.2) is 12.3 Å². The Balaban J connectivity index is 1.19. The highest BCUT2D eigenvalue weighted by atomic mass is 32.1. The Labute approximate surface area is 247 Å². The summed E-state index contributed by atoms with van der Waals surface area (Å²) in [5.41, 5.74) is 14.4. The number of nitrogens with two attached hydrogens (primary N) is 2. The number of nitriles is 1. The number of rotatable bonds is 7. The summed E-state index contributed by atoms with van der Waals surface area (Å²) in [6.07, 6.45) is 5.04. The van der Waals surface area contributed by atoms with Gasteiger partial charge in [-0.2, -0.15) is 25.3 Å². The number of hydrogen-bond acceptors (Lipinski definition) is 13. The van der Waals surface area contributed by atoms with Crippen molar-refractivity contribution in [1.82, 2.24) is 30.0 Å². The van der Waals surface area contributed by atoms with Crippen molar-refractivity contribution in [3.05, 3.63) is 33.8 Å². The molecule has 42 heavy (non-hydrogen) atoms. The zero-order valence-electron chi connectivity index (χ0n) is 23.8. The molecule has 0 aromatic carbocycles. The molecule has 0 amide bonds. The molecule has 14 heteroatoms. The van der Waals surface area contributed by atoms with Gasteiger partial charge in [0, 0.05) is 49.0 Å². The van der Waals surface area contributed by atoms with Crippen LogP contribution in [0.5, 0.6) is 6.01 Å². The lowest BCUT2D eigenvalue weighted by Crippen LogP contribution is -2.59. The van der Waals surface area contributed by atoms with E-state index in [-0.39, 0.29) is 23.0 Å². The molecule has 1 unspecified atom stereocenters. The summed E-state index contributed by atoms with van der Waals surface area (Å²) in [6, 6.07) is 4.17. The minimum Gasteiger partial charge on any atom is -0.461 e. The molecule has 3 aromatic heterocycles. The molecule has 1 spiro atoms. The Morgan fingerprint density at radius 2 is 2.12 bits per heavy atom. The topological polar surface area (TPSA) is 159 Å². The van der Waals surface area contributed by atoms with Crippen LogP contribution in [0.1, 0.15) is 60.2 Å². The van der Waals surface area contributed by atoms with Crippen LogP contribution < -0.4 is 26.0 Å². The number of alkyl halides is 1. The summed E-state index contributed by atoms with van der Waals surface area (Å²) in [7, 11) is 1.89. The van der Waals surface area contributed by atoms with E-state index in [9.17, 15) is 9.65 Å². The third-order valence-corrected chi connectivity index (χ3v) is 10.8. The first-order valence-electron chi connectivity index (χ1n) is 14.4. The minimum atomic E-state index is -0.845. The van der Waals surface area contributed by atoms with Gasteiger partial charge in [-0.25, -0.2) is 4.39 Å². The monoisotopic (exact) mass is 591 g/mol. The quantitative estimate of drug-likeness (QED) is 0.414. The highest BCUT2D eigenvalue weighted by Gasteiger charge is 2.52. The van der Waals surface area contributed by atoms with E-state index >= 15 is 0 Å². The van der Waals surface area contributed by atoms with Gasteiger partial charge in [-0.05, 0) is 50.8 Å². The van der Waals surface area contributed by atoms with Crippen LogP contribution in [0.4, 0.5) is 27.1 Å². The Morgan fingerprint density at radius 3 is 2.90 bits per heavy atom. The normalized spacial score (nSPS) is 24.7. The molecule has 1 aliphatic carbocycles. The van der Waals surface area contributed by atoms with Crippen molar-refractivity contribution < 1.29 is 9.13 Å². The van der Waals surface area contributed by atoms with Crippen molar-refractivity contribution in [2.45, 2.75) is 62.2 Å². The number of ether oxygens (including phenoxy) is 1. The molecule has 4 aliphatic rings. The van der Waals surface area contributed by atoms with E-state index in [1.165, 1.54) is 16.2 Å². The number of hydrogen-bond donors (Lipinski definition) is 2. The Hall–Kier alpha value is -3.83. The van der Waals surface area contributed by atoms with Crippen molar-refractivity contribution in [3.8, 4) is 12.1 Å². The summed E-state index contributed by atoms with van der Waals surface area (Å²) in [4.78, 5) is 21.8. The average molecular weight is 592 g/mol. The second-order valence-corrected chi connectivity index (χ2v) is 13.3. The molecule has 3 fully saturated rings. The summed E-state index contributed by atoms with van der Waals surface area (Å²) < 4.78 is 20.7. The SMILES string of the molecule is CC(c1ccnnc1N)N(C)c1nc(OC[C@@]23CCCN2C[C@H](F)C3)nc(N2CC3(CCc4sc(N)c(C#N)c43)C2)n1. The lowest BCUT2D eigenvalue weighted by atomic mass is 9.74. The number of aryl methyl sites for hydroxylation is 1. The number of aromatic nitrogens is 5. The van der Waals surface area contributed by atoms with Gasteiger partial charge in [0.1, 0.15) is 23.8 Å². The molecule has 0 radical (unpaired) electrons. The smallest absolute Gasteiger partial charge is 0.323 e. The number of nitrogens with zero attached hydrogens (tertiary/aromatic N) is 9. The summed E-state index contributed by atoms with van der Waals surface area (Å²) in [5, 5.41) is 18.3. The molecule has 3 aliphatic heterocycles. The fourth-order valence-corrected chi connectivity index (χ4v) is 8.54. The first-order valence-corrected chi connectivity index (χ1v) is 15.2. The van der Waals surface area contributed by atoms with Crippen LogP contribution in [-0.4, -0.2) is 81.6 Å². The maximum atomic E-state index is 14.4. The van der Waals surface area contributed by atoms with Gasteiger partial charge in [-0.1, -0.05) is 0 Å². The minimum absolute atomic E-state index is 0.137. The second-order valence-electron chi connectivity index (χ2n) is 12.1. The van der Waals surface area contributed by atoms with Crippen molar-refractivity contribution in [2.24, 2.45) is 0 Å². The van der Waals surface area contributed by atoms with Crippen molar-refractivity contribution in [1.29, 1.82) is 5.26 Å². The third kappa shape index (κ3) is 4.20. The molecule has 3 aromatic rings. The zero-order valence-corrected chi connectivity index (χ0v) is 24.6. The molecule has 0 saturated carbocycles. The van der Waals surface area contributed by atoms with Gasteiger partial charge < -0.3 is 26.0 Å². The predicted octanol–water partition coefficient (Wildman–Crippen LogP) is 2.62. The first-order chi connectivity index (χ1) is 20.2. The number of thiophene rings is 1. The summed E-state index contributed by atoms with van der Waals surface area (Å²) in [5.74, 6) is 1.28. The van der Waals surface area contributed by atoms with Crippen molar-refractivity contribution >= 4 is 34.1 Å². The average Bonchev–Trinajstić information content (AvgIpc) is 3.68. The largest absolute Gasteiger partial charge is 0.461 e. The molecular weight excluding hydrogens is 557 g/mol. The van der Waals surface area contributed by atoms with E-state index in [0.717, 1.165) is 43.4 Å². The lowest BCUT2D eigenvalue weighted by Gasteiger charge is -2.48. The highest BCUT2D eigenvalue weighted by Crippen LogP contribution is 2.52. The van der Waals surface area contributed by atoms with Crippen molar-refractivity contribution in [2.75, 3.05) is 61.1 Å². The highest BCUT2D eigenvalue weighted by molar-refractivity contribution is 7.16. The fourth-order valence-electron chi connectivity index (χ4n) is 7.40. The molecule has 6 heterocycles. The third-order valence-electron chi connectivity index (χ3n) is 9.70. The first kappa shape index (κ1) is 27.0. The maximum absolute atomic E-state index is 14.4. The Morgan fingerprint density at radius 1 is 1.29 bits per heavy atom. The van der Waals surface area contributed by atoms with E-state index in [2.05, 4.69) is 26.1 Å². The van der Waals surface area contributed by atoms with E-state index in [1.54, 1.807) is 6.20 Å². The van der Waals surface area contributed by atoms with Gasteiger partial charge in [0.2, 0.25) is 11.9 Å². The fraction of sp³-hybridized carbons (Fsp3) is 0.571. The van der Waals surface area contributed by atoms with E-state index in [1.807, 2.05) is 24.9 Å². The number of fused-ring (bicyclic) bond motifs is 3. The van der Waals surface area contributed by atoms with Gasteiger partial charge >= 0.3 is 6.01 Å². The molecule has 7 rings (SSSR count). The van der Waals surface area contributed by atoms with Crippen LogP contribution in [0.2, 0.25) is 0 Å². The molecule has 3 atom stereocenters. The van der Waals surface area contributed by atoms with Crippen LogP contribution in [0.3, 0.4) is 0 Å².